The first-order valence-corrected chi connectivity index (χ1v) is 8.95. The molecule has 0 spiro atoms. The Hall–Kier alpha value is -2.80. The number of fused-ring (bicyclic) bond motifs is 2. The van der Waals surface area contributed by atoms with Gasteiger partial charge in [-0.15, -0.1) is 0 Å². The zero-order valence-corrected chi connectivity index (χ0v) is 14.2. The summed E-state index contributed by atoms with van der Waals surface area (Å²) in [5, 5.41) is 3.40. The lowest BCUT2D eigenvalue weighted by Gasteiger charge is -2.02. The van der Waals surface area contributed by atoms with Gasteiger partial charge in [0.05, 0.1) is 16.8 Å². The molecule has 0 unspecified atom stereocenters. The van der Waals surface area contributed by atoms with Crippen LogP contribution in [-0.2, 0) is 11.2 Å². The Labute approximate surface area is 148 Å². The molecule has 2 aromatic carbocycles. The van der Waals surface area contributed by atoms with Gasteiger partial charge in [-0.3, -0.25) is 4.79 Å². The Morgan fingerprint density at radius 2 is 1.88 bits per heavy atom. The van der Waals surface area contributed by atoms with E-state index >= 15 is 0 Å². The van der Waals surface area contributed by atoms with E-state index in [-0.39, 0.29) is 11.7 Å². The second-order valence-electron chi connectivity index (χ2n) is 5.54. The summed E-state index contributed by atoms with van der Waals surface area (Å²) in [6, 6.07) is 15.4. The number of H-pyrrole nitrogens is 1. The monoisotopic (exact) mass is 352 g/mol. The zero-order chi connectivity index (χ0) is 17.1. The van der Waals surface area contributed by atoms with Crippen LogP contribution in [0.15, 0.2) is 58.2 Å². The van der Waals surface area contributed by atoms with E-state index in [0.29, 0.717) is 18.2 Å². The third kappa shape index (κ3) is 3.66. The highest BCUT2D eigenvalue weighted by Crippen LogP contribution is 2.22. The lowest BCUT2D eigenvalue weighted by Crippen LogP contribution is -2.27. The van der Waals surface area contributed by atoms with Crippen molar-refractivity contribution in [2.45, 2.75) is 11.6 Å². The Morgan fingerprint density at radius 3 is 2.72 bits per heavy atom. The largest absolute Gasteiger partial charge is 0.431 e. The molecule has 0 aliphatic carbocycles. The molecule has 126 valence electrons. The fourth-order valence-electron chi connectivity index (χ4n) is 2.54. The Morgan fingerprint density at radius 1 is 1.08 bits per heavy atom. The number of aromatic nitrogens is 3. The van der Waals surface area contributed by atoms with Gasteiger partial charge < -0.3 is 14.7 Å². The van der Waals surface area contributed by atoms with Gasteiger partial charge in [-0.2, -0.15) is 0 Å². The van der Waals surface area contributed by atoms with Gasteiger partial charge in [-0.05, 0) is 24.3 Å². The number of benzene rings is 2. The summed E-state index contributed by atoms with van der Waals surface area (Å²) in [7, 11) is 0. The van der Waals surface area contributed by atoms with Crippen LogP contribution in [0.1, 0.15) is 5.82 Å². The minimum Gasteiger partial charge on any atom is -0.431 e. The number of hydrogen-bond acceptors (Lipinski definition) is 5. The van der Waals surface area contributed by atoms with Gasteiger partial charge in [0, 0.05) is 13.0 Å². The zero-order valence-electron chi connectivity index (χ0n) is 13.4. The van der Waals surface area contributed by atoms with Crippen LogP contribution >= 0.6 is 11.8 Å². The molecule has 6 nitrogen and oxygen atoms in total. The molecule has 4 rings (SSSR count). The molecule has 0 aliphatic rings. The molecule has 7 heteroatoms. The van der Waals surface area contributed by atoms with Crippen LogP contribution in [-0.4, -0.2) is 33.2 Å². The molecule has 0 radical (unpaired) electrons. The predicted molar refractivity (Wildman–Crippen MR) is 97.5 cm³/mol. The van der Waals surface area contributed by atoms with E-state index in [9.17, 15) is 4.79 Å². The number of carbonyl (C=O) groups excluding carboxylic acids is 1. The second-order valence-corrected chi connectivity index (χ2v) is 6.46. The van der Waals surface area contributed by atoms with Crippen LogP contribution in [0.3, 0.4) is 0 Å². The van der Waals surface area contributed by atoms with Crippen molar-refractivity contribution >= 4 is 39.8 Å². The van der Waals surface area contributed by atoms with Crippen molar-refractivity contribution < 1.29 is 9.21 Å². The van der Waals surface area contributed by atoms with Crippen LogP contribution < -0.4 is 5.32 Å². The van der Waals surface area contributed by atoms with E-state index in [1.54, 1.807) is 0 Å². The molecule has 0 saturated heterocycles. The van der Waals surface area contributed by atoms with E-state index in [2.05, 4.69) is 20.3 Å². The Balaban J connectivity index is 1.26. The maximum Gasteiger partial charge on any atom is 0.257 e. The number of thioether (sulfide) groups is 1. The highest BCUT2D eigenvalue weighted by molar-refractivity contribution is 7.99. The molecule has 0 saturated carbocycles. The highest BCUT2D eigenvalue weighted by atomic mass is 32.2. The number of rotatable bonds is 6. The molecule has 25 heavy (non-hydrogen) atoms. The highest BCUT2D eigenvalue weighted by Gasteiger charge is 2.09. The van der Waals surface area contributed by atoms with Crippen LogP contribution in [0.25, 0.3) is 22.1 Å². The number of oxazole rings is 1. The van der Waals surface area contributed by atoms with Crippen molar-refractivity contribution in [3.8, 4) is 0 Å². The van der Waals surface area contributed by atoms with E-state index < -0.39 is 0 Å². The summed E-state index contributed by atoms with van der Waals surface area (Å²) in [6.07, 6.45) is 0.661. The fraction of sp³-hybridized carbons (Fsp3) is 0.167. The number of imidazole rings is 1. The molecule has 2 heterocycles. The molecular weight excluding hydrogens is 336 g/mol. The van der Waals surface area contributed by atoms with E-state index in [1.807, 2.05) is 48.5 Å². The number of aromatic amines is 1. The number of para-hydroxylation sites is 4. The van der Waals surface area contributed by atoms with E-state index in [4.69, 9.17) is 4.42 Å². The number of amides is 1. The average molecular weight is 352 g/mol. The summed E-state index contributed by atoms with van der Waals surface area (Å²) in [5.41, 5.74) is 3.48. The molecule has 0 bridgehead atoms. The van der Waals surface area contributed by atoms with Crippen molar-refractivity contribution in [3.05, 3.63) is 54.4 Å². The molecule has 1 amide bonds. The SMILES string of the molecule is O=C(CSc1nc2ccccc2o1)NCCc1nc2ccccc2[nH]1. The number of carbonyl (C=O) groups is 1. The molecule has 4 aromatic rings. The number of hydrogen-bond donors (Lipinski definition) is 2. The van der Waals surface area contributed by atoms with Crippen LogP contribution in [0.2, 0.25) is 0 Å². The lowest BCUT2D eigenvalue weighted by molar-refractivity contribution is -0.118. The van der Waals surface area contributed by atoms with E-state index in [1.165, 1.54) is 11.8 Å². The standard InChI is InChI=1S/C18H16N4O2S/c23-17(11-25-18-22-14-7-3-4-8-15(14)24-18)19-10-9-16-20-12-5-1-2-6-13(12)21-16/h1-8H,9-11H2,(H,19,23)(H,20,21). The molecule has 0 aliphatic heterocycles. The van der Waals surface area contributed by atoms with Crippen LogP contribution in [0, 0.1) is 0 Å². The minimum absolute atomic E-state index is 0.0524. The third-order valence-corrected chi connectivity index (χ3v) is 4.55. The maximum absolute atomic E-state index is 12.0. The van der Waals surface area contributed by atoms with Crippen LogP contribution in [0.4, 0.5) is 0 Å². The first-order chi connectivity index (χ1) is 12.3. The average Bonchev–Trinajstić information content (AvgIpc) is 3.23. The summed E-state index contributed by atoms with van der Waals surface area (Å²) in [5.74, 6) is 1.09. The molecule has 0 atom stereocenters. The quantitative estimate of drug-likeness (QED) is 0.521. The van der Waals surface area contributed by atoms with Crippen molar-refractivity contribution in [2.24, 2.45) is 0 Å². The first kappa shape index (κ1) is 15.7. The lowest BCUT2D eigenvalue weighted by atomic mass is 10.3. The van der Waals surface area contributed by atoms with Gasteiger partial charge >= 0.3 is 0 Å². The van der Waals surface area contributed by atoms with Crippen molar-refractivity contribution in [3.63, 3.8) is 0 Å². The van der Waals surface area contributed by atoms with Crippen molar-refractivity contribution in [1.82, 2.24) is 20.3 Å². The van der Waals surface area contributed by atoms with Crippen molar-refractivity contribution in [1.29, 1.82) is 0 Å². The van der Waals surface area contributed by atoms with E-state index in [0.717, 1.165) is 28.0 Å². The number of nitrogens with zero attached hydrogens (tertiary/aromatic N) is 2. The Kier molecular flexibility index (Phi) is 4.39. The summed E-state index contributed by atoms with van der Waals surface area (Å²) >= 11 is 1.29. The van der Waals surface area contributed by atoms with Gasteiger partial charge in [-0.1, -0.05) is 36.0 Å². The summed E-state index contributed by atoms with van der Waals surface area (Å²) < 4.78 is 5.58. The summed E-state index contributed by atoms with van der Waals surface area (Å²) in [6.45, 7) is 0.534. The molecule has 0 fully saturated rings. The van der Waals surface area contributed by atoms with Gasteiger partial charge in [0.2, 0.25) is 5.91 Å². The predicted octanol–water partition coefficient (Wildman–Crippen LogP) is 3.16. The summed E-state index contributed by atoms with van der Waals surface area (Å²) in [4.78, 5) is 24.0. The van der Waals surface area contributed by atoms with Gasteiger partial charge in [-0.25, -0.2) is 9.97 Å². The third-order valence-electron chi connectivity index (χ3n) is 3.72. The molecule has 2 N–H and O–H groups in total. The molecule has 2 aromatic heterocycles. The molecular formula is C18H16N4O2S. The maximum atomic E-state index is 12.0. The van der Waals surface area contributed by atoms with Gasteiger partial charge in [0.15, 0.2) is 5.58 Å². The van der Waals surface area contributed by atoms with Crippen molar-refractivity contribution in [2.75, 3.05) is 12.3 Å². The topological polar surface area (TPSA) is 83.8 Å². The Bertz CT molecular complexity index is 958. The van der Waals surface area contributed by atoms with Gasteiger partial charge in [0.25, 0.3) is 5.22 Å². The number of nitrogens with one attached hydrogen (secondary N) is 2. The van der Waals surface area contributed by atoms with Gasteiger partial charge in [0.1, 0.15) is 11.3 Å². The van der Waals surface area contributed by atoms with Crippen LogP contribution in [0.5, 0.6) is 0 Å². The first-order valence-electron chi connectivity index (χ1n) is 7.96. The minimum atomic E-state index is -0.0524. The second kappa shape index (κ2) is 6.98. The normalized spacial score (nSPS) is 11.2. The smallest absolute Gasteiger partial charge is 0.257 e. The fourth-order valence-corrected chi connectivity index (χ4v) is 3.20.